The first-order chi connectivity index (χ1) is 14.4. The van der Waals surface area contributed by atoms with Crippen LogP contribution in [0.5, 0.6) is 0 Å². The van der Waals surface area contributed by atoms with Gasteiger partial charge in [-0.1, -0.05) is 12.2 Å². The van der Waals surface area contributed by atoms with Crippen molar-refractivity contribution in [1.29, 1.82) is 0 Å². The molecule has 0 unspecified atom stereocenters. The molecule has 1 aliphatic heterocycles. The summed E-state index contributed by atoms with van der Waals surface area (Å²) < 4.78 is 33.8. The summed E-state index contributed by atoms with van der Waals surface area (Å²) in [6, 6.07) is 6.60. The van der Waals surface area contributed by atoms with Crippen molar-refractivity contribution in [2.24, 2.45) is 10.4 Å². The lowest BCUT2D eigenvalue weighted by Crippen LogP contribution is -2.43. The number of rotatable bonds is 7. The van der Waals surface area contributed by atoms with Crippen molar-refractivity contribution >= 4 is 27.9 Å². The van der Waals surface area contributed by atoms with Crippen molar-refractivity contribution in [3.05, 3.63) is 48.8 Å². The Morgan fingerprint density at radius 2 is 2.00 bits per heavy atom. The molecule has 0 aromatic heterocycles. The fourth-order valence-corrected chi connectivity index (χ4v) is 5.26. The van der Waals surface area contributed by atoms with Crippen molar-refractivity contribution in [3.63, 3.8) is 0 Å². The van der Waals surface area contributed by atoms with E-state index in [1.807, 2.05) is 30.2 Å². The van der Waals surface area contributed by atoms with Gasteiger partial charge in [-0.3, -0.25) is 9.79 Å². The van der Waals surface area contributed by atoms with Gasteiger partial charge in [0.25, 0.3) is 0 Å². The van der Waals surface area contributed by atoms with Gasteiger partial charge in [0.1, 0.15) is 0 Å². The molecule has 162 valence electrons. The standard InChI is InChI=1S/C22H29N3O4S/c1-3-11-22(21(26)29-4-2)12-9-18(10-13-22)24-30(27,28)20-7-5-19(6-8-20)25-16-14-23-15-17-25/h3,5-8,11,14-16,18,24H,4,9-10,12-13,17H2,1-2H3. The van der Waals surface area contributed by atoms with Gasteiger partial charge in [0.15, 0.2) is 0 Å². The number of aliphatic imine (C=N–C) groups is 1. The molecule has 0 saturated heterocycles. The highest BCUT2D eigenvalue weighted by Crippen LogP contribution is 2.39. The van der Waals surface area contributed by atoms with Gasteiger partial charge in [-0.05, 0) is 63.8 Å². The van der Waals surface area contributed by atoms with Crippen LogP contribution in [0.2, 0.25) is 0 Å². The second-order valence-electron chi connectivity index (χ2n) is 7.55. The molecule has 8 heteroatoms. The lowest BCUT2D eigenvalue weighted by molar-refractivity contribution is -0.154. The highest BCUT2D eigenvalue weighted by atomic mass is 32.2. The molecule has 0 amide bonds. The molecule has 1 aromatic rings. The molecule has 0 spiro atoms. The van der Waals surface area contributed by atoms with Gasteiger partial charge >= 0.3 is 5.97 Å². The zero-order chi connectivity index (χ0) is 21.6. The van der Waals surface area contributed by atoms with Crippen molar-refractivity contribution in [2.45, 2.75) is 50.5 Å². The van der Waals surface area contributed by atoms with Gasteiger partial charge in [0.2, 0.25) is 10.0 Å². The van der Waals surface area contributed by atoms with E-state index in [2.05, 4.69) is 9.71 Å². The fraction of sp³-hybridized carbons (Fsp3) is 0.455. The van der Waals surface area contributed by atoms with Crippen molar-refractivity contribution in [1.82, 2.24) is 4.72 Å². The van der Waals surface area contributed by atoms with E-state index in [-0.39, 0.29) is 16.9 Å². The maximum atomic E-state index is 12.8. The van der Waals surface area contributed by atoms with E-state index in [0.29, 0.717) is 38.8 Å². The molecular weight excluding hydrogens is 402 g/mol. The first-order valence-corrected chi connectivity index (χ1v) is 11.8. The quantitative estimate of drug-likeness (QED) is 0.528. The molecule has 0 bridgehead atoms. The maximum Gasteiger partial charge on any atom is 0.315 e. The molecule has 1 fully saturated rings. The van der Waals surface area contributed by atoms with Crippen LogP contribution < -0.4 is 9.62 Å². The number of sulfonamides is 1. The van der Waals surface area contributed by atoms with E-state index in [1.54, 1.807) is 43.6 Å². The second-order valence-corrected chi connectivity index (χ2v) is 9.26. The predicted octanol–water partition coefficient (Wildman–Crippen LogP) is 3.40. The lowest BCUT2D eigenvalue weighted by atomic mass is 9.72. The number of allylic oxidation sites excluding steroid dienone is 1. The smallest absolute Gasteiger partial charge is 0.315 e. The Morgan fingerprint density at radius 1 is 1.30 bits per heavy atom. The van der Waals surface area contributed by atoms with E-state index in [9.17, 15) is 13.2 Å². The minimum absolute atomic E-state index is 0.205. The SMILES string of the molecule is CC=CC1(C(=O)OCC)CCC(NS(=O)(=O)c2ccc(N3C=CN=CC3)cc2)CC1. The van der Waals surface area contributed by atoms with E-state index in [1.165, 1.54) is 0 Å². The molecule has 1 aliphatic carbocycles. The second kappa shape index (κ2) is 9.57. The number of anilines is 1. The van der Waals surface area contributed by atoms with Crippen LogP contribution in [0.4, 0.5) is 5.69 Å². The Balaban J connectivity index is 1.64. The molecule has 30 heavy (non-hydrogen) atoms. The third-order valence-electron chi connectivity index (χ3n) is 5.56. The summed E-state index contributed by atoms with van der Waals surface area (Å²) in [5.41, 5.74) is 0.249. The number of nitrogens with one attached hydrogen (secondary N) is 1. The number of carbonyl (C=O) groups excluding carboxylic acids is 1. The molecular formula is C22H29N3O4S. The van der Waals surface area contributed by atoms with Gasteiger partial charge in [0, 0.05) is 30.3 Å². The molecule has 3 rings (SSSR count). The van der Waals surface area contributed by atoms with E-state index in [4.69, 9.17) is 4.74 Å². The summed E-state index contributed by atoms with van der Waals surface area (Å²) in [5, 5.41) is 0. The number of hydrogen-bond acceptors (Lipinski definition) is 6. The molecule has 1 aromatic carbocycles. The summed E-state index contributed by atoms with van der Waals surface area (Å²) in [6.45, 7) is 4.66. The normalized spacial score (nSPS) is 24.3. The van der Waals surface area contributed by atoms with Crippen LogP contribution in [0.3, 0.4) is 0 Å². The Hall–Kier alpha value is -2.45. The van der Waals surface area contributed by atoms with Crippen LogP contribution in [0.15, 0.2) is 58.7 Å². The summed E-state index contributed by atoms with van der Waals surface area (Å²) in [6.07, 6.45) is 11.4. The van der Waals surface area contributed by atoms with Crippen molar-refractivity contribution in [2.75, 3.05) is 18.1 Å². The van der Waals surface area contributed by atoms with E-state index in [0.717, 1.165) is 5.69 Å². The number of ether oxygens (including phenoxy) is 1. The van der Waals surface area contributed by atoms with E-state index < -0.39 is 15.4 Å². The van der Waals surface area contributed by atoms with Crippen LogP contribution >= 0.6 is 0 Å². The average molecular weight is 432 g/mol. The topological polar surface area (TPSA) is 88.1 Å². The lowest BCUT2D eigenvalue weighted by Gasteiger charge is -2.36. The number of hydrogen-bond donors (Lipinski definition) is 1. The Labute approximate surface area is 178 Å². The molecule has 1 heterocycles. The van der Waals surface area contributed by atoms with Crippen molar-refractivity contribution < 1.29 is 17.9 Å². The zero-order valence-electron chi connectivity index (χ0n) is 17.5. The van der Waals surface area contributed by atoms with Crippen LogP contribution in [0, 0.1) is 5.41 Å². The largest absolute Gasteiger partial charge is 0.465 e. The third-order valence-corrected chi connectivity index (χ3v) is 7.10. The highest BCUT2D eigenvalue weighted by molar-refractivity contribution is 7.89. The Bertz CT molecular complexity index is 928. The van der Waals surface area contributed by atoms with Gasteiger partial charge < -0.3 is 9.64 Å². The van der Waals surface area contributed by atoms with Crippen molar-refractivity contribution in [3.8, 4) is 0 Å². The number of benzene rings is 1. The van der Waals surface area contributed by atoms with E-state index >= 15 is 0 Å². The maximum absolute atomic E-state index is 12.8. The van der Waals surface area contributed by atoms with Crippen LogP contribution in [-0.2, 0) is 19.6 Å². The zero-order valence-corrected chi connectivity index (χ0v) is 18.3. The molecule has 0 radical (unpaired) electrons. The number of carbonyl (C=O) groups is 1. The molecule has 7 nitrogen and oxygen atoms in total. The number of esters is 1. The Kier molecular flexibility index (Phi) is 7.10. The summed E-state index contributed by atoms with van der Waals surface area (Å²) in [4.78, 5) is 18.7. The highest BCUT2D eigenvalue weighted by Gasteiger charge is 2.41. The van der Waals surface area contributed by atoms with Crippen LogP contribution in [-0.4, -0.2) is 39.8 Å². The van der Waals surface area contributed by atoms with Gasteiger partial charge in [-0.25, -0.2) is 13.1 Å². The molecule has 1 saturated carbocycles. The van der Waals surface area contributed by atoms with Crippen LogP contribution in [0.25, 0.3) is 0 Å². The average Bonchev–Trinajstić information content (AvgIpc) is 2.76. The predicted molar refractivity (Wildman–Crippen MR) is 118 cm³/mol. The molecule has 1 N–H and O–H groups in total. The van der Waals surface area contributed by atoms with Gasteiger partial charge in [-0.15, -0.1) is 0 Å². The first-order valence-electron chi connectivity index (χ1n) is 10.3. The summed E-state index contributed by atoms with van der Waals surface area (Å²) >= 11 is 0. The minimum Gasteiger partial charge on any atom is -0.465 e. The molecule has 2 aliphatic rings. The van der Waals surface area contributed by atoms with Crippen LogP contribution in [0.1, 0.15) is 39.5 Å². The third kappa shape index (κ3) is 4.99. The Morgan fingerprint density at radius 3 is 2.57 bits per heavy atom. The van der Waals surface area contributed by atoms with Gasteiger partial charge in [-0.2, -0.15) is 0 Å². The molecule has 0 atom stereocenters. The first kappa shape index (κ1) is 22.2. The fourth-order valence-electron chi connectivity index (χ4n) is 3.95. The monoisotopic (exact) mass is 431 g/mol. The number of nitrogens with zero attached hydrogens (tertiary/aromatic N) is 2. The van der Waals surface area contributed by atoms with Gasteiger partial charge in [0.05, 0.1) is 23.5 Å². The summed E-state index contributed by atoms with van der Waals surface area (Å²) in [5.74, 6) is -0.225. The summed E-state index contributed by atoms with van der Waals surface area (Å²) in [7, 11) is -3.63. The minimum atomic E-state index is -3.63.